The van der Waals surface area contributed by atoms with Gasteiger partial charge in [-0.2, -0.15) is 0 Å². The summed E-state index contributed by atoms with van der Waals surface area (Å²) in [7, 11) is 1.58. The topological polar surface area (TPSA) is 95.6 Å². The Bertz CT molecular complexity index is 997. The van der Waals surface area contributed by atoms with Gasteiger partial charge in [-0.3, -0.25) is 0 Å². The summed E-state index contributed by atoms with van der Waals surface area (Å²) in [6.07, 6.45) is 1.77. The Labute approximate surface area is 176 Å². The van der Waals surface area contributed by atoms with Crippen LogP contribution in [-0.4, -0.2) is 48.3 Å². The summed E-state index contributed by atoms with van der Waals surface area (Å²) < 4.78 is 17.4. The van der Waals surface area contributed by atoms with Gasteiger partial charge in [-0.15, -0.1) is 10.2 Å². The first kappa shape index (κ1) is 19.4. The summed E-state index contributed by atoms with van der Waals surface area (Å²) in [5, 5.41) is 8.39. The summed E-state index contributed by atoms with van der Waals surface area (Å²) in [5.41, 5.74) is 8.43. The number of hydrogen-bond acceptors (Lipinski definition) is 8. The van der Waals surface area contributed by atoms with Crippen LogP contribution in [0.15, 0.2) is 53.3 Å². The number of ether oxygens (including phenoxy) is 3. The molecule has 4 rings (SSSR count). The maximum atomic E-state index is 6.09. The van der Waals surface area contributed by atoms with E-state index in [2.05, 4.69) is 36.0 Å². The molecule has 2 aromatic heterocycles. The molecule has 3 heterocycles. The maximum Gasteiger partial charge on any atom is 0.188 e. The lowest BCUT2D eigenvalue weighted by molar-refractivity contribution is 0.0515. The molecule has 8 nitrogen and oxygen atoms in total. The van der Waals surface area contributed by atoms with Crippen LogP contribution in [0.4, 0.5) is 11.5 Å². The van der Waals surface area contributed by atoms with E-state index in [0.29, 0.717) is 30.4 Å². The van der Waals surface area contributed by atoms with Gasteiger partial charge in [-0.25, -0.2) is 4.98 Å². The van der Waals surface area contributed by atoms with Crippen LogP contribution in [0.5, 0.6) is 11.5 Å². The lowest BCUT2D eigenvalue weighted by Gasteiger charge is -2.40. The number of nitrogen functional groups attached to an aromatic ring is 1. The number of aromatic nitrogens is 3. The van der Waals surface area contributed by atoms with Crippen molar-refractivity contribution in [2.24, 2.45) is 0 Å². The molecule has 1 fully saturated rings. The zero-order chi connectivity index (χ0) is 20.2. The number of nitrogens with two attached hydrogens (primary N) is 1. The van der Waals surface area contributed by atoms with E-state index >= 15 is 0 Å². The van der Waals surface area contributed by atoms with Crippen LogP contribution >= 0.6 is 15.9 Å². The number of rotatable bonds is 7. The van der Waals surface area contributed by atoms with Crippen LogP contribution in [0.2, 0.25) is 0 Å². The zero-order valence-corrected chi connectivity index (χ0v) is 17.4. The van der Waals surface area contributed by atoms with Crippen molar-refractivity contribution in [2.75, 3.05) is 37.6 Å². The summed E-state index contributed by atoms with van der Waals surface area (Å²) >= 11 is 3.35. The first-order valence-electron chi connectivity index (χ1n) is 9.01. The fourth-order valence-electron chi connectivity index (χ4n) is 3.06. The molecule has 1 aliphatic rings. The van der Waals surface area contributed by atoms with Gasteiger partial charge in [0.05, 0.1) is 24.5 Å². The molecule has 0 saturated carbocycles. The fourth-order valence-corrected chi connectivity index (χ4v) is 3.41. The molecule has 1 aliphatic heterocycles. The standard InChI is InChI=1S/C20H20BrN5O3/c1-27-12-28-18-5-3-2-4-15(18)16-9-17(20(22)25-24-16)26-10-14(11-26)29-13-6-7-23-19(21)8-13/h2-9,14H,10-12H2,1H3,(H2,22,25). The molecule has 0 bridgehead atoms. The van der Waals surface area contributed by atoms with Crippen molar-refractivity contribution in [3.63, 3.8) is 0 Å². The van der Waals surface area contributed by atoms with Crippen LogP contribution in [0, 0.1) is 0 Å². The van der Waals surface area contributed by atoms with Crippen molar-refractivity contribution < 1.29 is 14.2 Å². The Balaban J connectivity index is 1.49. The molecule has 150 valence electrons. The minimum absolute atomic E-state index is 0.0673. The van der Waals surface area contributed by atoms with E-state index < -0.39 is 0 Å². The van der Waals surface area contributed by atoms with Crippen LogP contribution < -0.4 is 20.1 Å². The third kappa shape index (κ3) is 4.41. The van der Waals surface area contributed by atoms with E-state index in [0.717, 1.165) is 21.6 Å². The van der Waals surface area contributed by atoms with Crippen molar-refractivity contribution >= 4 is 27.4 Å². The monoisotopic (exact) mass is 457 g/mol. The van der Waals surface area contributed by atoms with Gasteiger partial charge in [0.2, 0.25) is 0 Å². The van der Waals surface area contributed by atoms with Crippen molar-refractivity contribution in [3.05, 3.63) is 53.3 Å². The van der Waals surface area contributed by atoms with Gasteiger partial charge >= 0.3 is 0 Å². The molecule has 29 heavy (non-hydrogen) atoms. The molecule has 0 spiro atoms. The Morgan fingerprint density at radius 1 is 1.17 bits per heavy atom. The lowest BCUT2D eigenvalue weighted by atomic mass is 10.1. The Kier molecular flexibility index (Phi) is 5.77. The third-order valence-electron chi connectivity index (χ3n) is 4.49. The van der Waals surface area contributed by atoms with Gasteiger partial charge < -0.3 is 24.8 Å². The number of anilines is 2. The first-order chi connectivity index (χ1) is 14.1. The second-order valence-corrected chi connectivity index (χ2v) is 7.32. The quantitative estimate of drug-likeness (QED) is 0.426. The highest BCUT2D eigenvalue weighted by atomic mass is 79.9. The average molecular weight is 458 g/mol. The molecule has 9 heteroatoms. The molecular formula is C20H20BrN5O3. The number of pyridine rings is 1. The Hall–Kier alpha value is -2.91. The van der Waals surface area contributed by atoms with E-state index in [1.54, 1.807) is 13.3 Å². The first-order valence-corrected chi connectivity index (χ1v) is 9.81. The van der Waals surface area contributed by atoms with E-state index in [4.69, 9.17) is 19.9 Å². The molecule has 0 atom stereocenters. The molecule has 0 unspecified atom stereocenters. The molecule has 0 amide bonds. The van der Waals surface area contributed by atoms with Gasteiger partial charge in [0.1, 0.15) is 22.2 Å². The minimum Gasteiger partial charge on any atom is -0.487 e. The van der Waals surface area contributed by atoms with E-state index in [-0.39, 0.29) is 12.9 Å². The van der Waals surface area contributed by atoms with E-state index in [9.17, 15) is 0 Å². The van der Waals surface area contributed by atoms with Crippen LogP contribution in [0.1, 0.15) is 0 Å². The summed E-state index contributed by atoms with van der Waals surface area (Å²) in [5.74, 6) is 1.84. The van der Waals surface area contributed by atoms with E-state index in [1.807, 2.05) is 42.5 Å². The number of methoxy groups -OCH3 is 1. The largest absolute Gasteiger partial charge is 0.487 e. The Morgan fingerprint density at radius 2 is 2.00 bits per heavy atom. The second-order valence-electron chi connectivity index (χ2n) is 6.51. The van der Waals surface area contributed by atoms with Gasteiger partial charge in [-0.05, 0) is 40.2 Å². The lowest BCUT2D eigenvalue weighted by Crippen LogP contribution is -2.54. The van der Waals surface area contributed by atoms with Gasteiger partial charge in [0.15, 0.2) is 12.6 Å². The van der Waals surface area contributed by atoms with Crippen molar-refractivity contribution in [1.29, 1.82) is 0 Å². The van der Waals surface area contributed by atoms with Crippen molar-refractivity contribution in [2.45, 2.75) is 6.10 Å². The van der Waals surface area contributed by atoms with Crippen molar-refractivity contribution in [1.82, 2.24) is 15.2 Å². The molecule has 0 radical (unpaired) electrons. The third-order valence-corrected chi connectivity index (χ3v) is 4.92. The number of nitrogens with zero attached hydrogens (tertiary/aromatic N) is 4. The number of hydrogen-bond donors (Lipinski definition) is 1. The highest BCUT2D eigenvalue weighted by Gasteiger charge is 2.31. The predicted octanol–water partition coefficient (Wildman–Crippen LogP) is 3.13. The maximum absolute atomic E-state index is 6.09. The molecular weight excluding hydrogens is 438 g/mol. The smallest absolute Gasteiger partial charge is 0.188 e. The van der Waals surface area contributed by atoms with Crippen molar-refractivity contribution in [3.8, 4) is 22.8 Å². The Morgan fingerprint density at radius 3 is 2.79 bits per heavy atom. The average Bonchev–Trinajstić information content (AvgIpc) is 2.70. The number of benzene rings is 1. The molecule has 2 N–H and O–H groups in total. The summed E-state index contributed by atoms with van der Waals surface area (Å²) in [4.78, 5) is 6.22. The predicted molar refractivity (Wildman–Crippen MR) is 113 cm³/mol. The molecule has 1 saturated heterocycles. The molecule has 0 aliphatic carbocycles. The van der Waals surface area contributed by atoms with Crippen LogP contribution in [-0.2, 0) is 4.74 Å². The second kappa shape index (κ2) is 8.62. The van der Waals surface area contributed by atoms with Gasteiger partial charge in [0.25, 0.3) is 0 Å². The summed E-state index contributed by atoms with van der Waals surface area (Å²) in [6.45, 7) is 1.57. The number of halogens is 1. The van der Waals surface area contributed by atoms with Crippen LogP contribution in [0.3, 0.4) is 0 Å². The molecule has 3 aromatic rings. The fraction of sp³-hybridized carbons (Fsp3) is 0.250. The van der Waals surface area contributed by atoms with Gasteiger partial charge in [-0.1, -0.05) is 12.1 Å². The SMILES string of the molecule is COCOc1ccccc1-c1cc(N2CC(Oc3ccnc(Br)c3)C2)c(N)nn1. The molecule has 1 aromatic carbocycles. The van der Waals surface area contributed by atoms with Crippen LogP contribution in [0.25, 0.3) is 11.3 Å². The van der Waals surface area contributed by atoms with Gasteiger partial charge in [0, 0.05) is 24.9 Å². The highest BCUT2D eigenvalue weighted by molar-refractivity contribution is 9.10. The number of para-hydroxylation sites is 1. The highest BCUT2D eigenvalue weighted by Crippen LogP contribution is 2.34. The van der Waals surface area contributed by atoms with E-state index in [1.165, 1.54) is 0 Å². The normalized spacial score (nSPS) is 13.8. The minimum atomic E-state index is 0.0673. The zero-order valence-electron chi connectivity index (χ0n) is 15.8. The summed E-state index contributed by atoms with van der Waals surface area (Å²) in [6, 6.07) is 13.2.